The van der Waals surface area contributed by atoms with Crippen LogP contribution in [0.2, 0.25) is 0 Å². The van der Waals surface area contributed by atoms with Crippen molar-refractivity contribution in [3.8, 4) is 0 Å². The minimum Gasteiger partial charge on any atom is -0.212 e. The third-order valence-corrected chi connectivity index (χ3v) is 4.39. The minimum atomic E-state index is -3.17. The molecule has 16 heavy (non-hydrogen) atoms. The minimum absolute atomic E-state index is 0.170. The molecule has 0 aromatic heterocycles. The smallest absolute Gasteiger partial charge is 0.212 e. The first-order chi connectivity index (χ1) is 7.59. The summed E-state index contributed by atoms with van der Waals surface area (Å²) in [5, 5.41) is 0.569. The molecule has 90 valence electrons. The van der Waals surface area contributed by atoms with E-state index in [2.05, 4.69) is 20.7 Å². The van der Waals surface area contributed by atoms with Gasteiger partial charge in [0.2, 0.25) is 10.0 Å². The van der Waals surface area contributed by atoms with Gasteiger partial charge in [0.05, 0.1) is 11.8 Å². The standard InChI is InChI=1S/C11H16BrNO2S/c1-2-8-16(14,15)13-11(9-12)10-6-4-3-5-7-10/h3-7,11,13H,2,8-9H2,1H3. The monoisotopic (exact) mass is 305 g/mol. The highest BCUT2D eigenvalue weighted by Crippen LogP contribution is 2.16. The van der Waals surface area contributed by atoms with Crippen LogP contribution in [-0.2, 0) is 10.0 Å². The van der Waals surface area contributed by atoms with Crippen LogP contribution in [0.3, 0.4) is 0 Å². The molecule has 1 rings (SSSR count). The van der Waals surface area contributed by atoms with Crippen molar-refractivity contribution in [2.45, 2.75) is 19.4 Å². The Hall–Kier alpha value is -0.390. The molecule has 0 saturated carbocycles. The Labute approximate surface area is 105 Å². The molecule has 3 nitrogen and oxygen atoms in total. The van der Waals surface area contributed by atoms with Crippen molar-refractivity contribution in [1.82, 2.24) is 4.72 Å². The third kappa shape index (κ3) is 4.23. The van der Waals surface area contributed by atoms with Gasteiger partial charge in [-0.25, -0.2) is 13.1 Å². The van der Waals surface area contributed by atoms with E-state index in [4.69, 9.17) is 0 Å². The van der Waals surface area contributed by atoms with E-state index in [1.807, 2.05) is 37.3 Å². The second kappa shape index (κ2) is 6.37. The summed E-state index contributed by atoms with van der Waals surface area (Å²) in [7, 11) is -3.17. The van der Waals surface area contributed by atoms with Crippen molar-refractivity contribution in [3.63, 3.8) is 0 Å². The van der Waals surface area contributed by atoms with E-state index in [1.54, 1.807) is 0 Å². The fourth-order valence-electron chi connectivity index (χ4n) is 1.42. The van der Waals surface area contributed by atoms with Gasteiger partial charge >= 0.3 is 0 Å². The van der Waals surface area contributed by atoms with E-state index in [-0.39, 0.29) is 11.8 Å². The van der Waals surface area contributed by atoms with Crippen molar-refractivity contribution < 1.29 is 8.42 Å². The van der Waals surface area contributed by atoms with Crippen LogP contribution in [0.4, 0.5) is 0 Å². The fourth-order valence-corrected chi connectivity index (χ4v) is 3.48. The van der Waals surface area contributed by atoms with Gasteiger partial charge in [-0.05, 0) is 12.0 Å². The third-order valence-electron chi connectivity index (χ3n) is 2.15. The number of nitrogens with one attached hydrogen (secondary N) is 1. The zero-order chi connectivity index (χ0) is 12.0. The number of hydrogen-bond acceptors (Lipinski definition) is 2. The summed E-state index contributed by atoms with van der Waals surface area (Å²) >= 11 is 3.33. The molecular weight excluding hydrogens is 290 g/mol. The van der Waals surface area contributed by atoms with Crippen LogP contribution >= 0.6 is 15.9 Å². The summed E-state index contributed by atoms with van der Waals surface area (Å²) in [6.45, 7) is 1.85. The first kappa shape index (κ1) is 13.7. The number of rotatable bonds is 6. The van der Waals surface area contributed by atoms with Gasteiger partial charge in [0.25, 0.3) is 0 Å². The molecule has 1 atom stereocenters. The van der Waals surface area contributed by atoms with Gasteiger partial charge < -0.3 is 0 Å². The predicted octanol–water partition coefficient (Wildman–Crippen LogP) is 2.45. The quantitative estimate of drug-likeness (QED) is 0.821. The molecule has 0 bridgehead atoms. The van der Waals surface area contributed by atoms with Crippen molar-refractivity contribution in [2.75, 3.05) is 11.1 Å². The molecule has 0 aliphatic carbocycles. The maximum atomic E-state index is 11.6. The summed E-state index contributed by atoms with van der Waals surface area (Å²) in [6, 6.07) is 9.35. The van der Waals surface area contributed by atoms with Crippen LogP contribution in [0, 0.1) is 0 Å². The zero-order valence-electron chi connectivity index (χ0n) is 9.19. The van der Waals surface area contributed by atoms with E-state index in [0.29, 0.717) is 11.8 Å². The fraction of sp³-hybridized carbons (Fsp3) is 0.455. The molecule has 1 aromatic carbocycles. The SMILES string of the molecule is CCCS(=O)(=O)NC(CBr)c1ccccc1. The average Bonchev–Trinajstić information content (AvgIpc) is 2.27. The Balaban J connectivity index is 2.78. The molecule has 1 N–H and O–H groups in total. The molecule has 0 aliphatic rings. The van der Waals surface area contributed by atoms with E-state index in [1.165, 1.54) is 0 Å². The summed E-state index contributed by atoms with van der Waals surface area (Å²) in [5.74, 6) is 0.170. The van der Waals surface area contributed by atoms with Gasteiger partial charge in [-0.3, -0.25) is 0 Å². The Bertz CT molecular complexity index is 405. The van der Waals surface area contributed by atoms with Crippen LogP contribution < -0.4 is 4.72 Å². The van der Waals surface area contributed by atoms with E-state index < -0.39 is 10.0 Å². The molecule has 5 heteroatoms. The Kier molecular flexibility index (Phi) is 5.44. The molecule has 1 unspecified atom stereocenters. The topological polar surface area (TPSA) is 46.2 Å². The second-order valence-electron chi connectivity index (χ2n) is 3.55. The van der Waals surface area contributed by atoms with E-state index in [0.717, 1.165) is 5.56 Å². The van der Waals surface area contributed by atoms with Gasteiger partial charge in [0, 0.05) is 5.33 Å². The highest BCUT2D eigenvalue weighted by atomic mass is 79.9. The lowest BCUT2D eigenvalue weighted by Gasteiger charge is -2.16. The summed E-state index contributed by atoms with van der Waals surface area (Å²) in [6.07, 6.45) is 0.624. The maximum Gasteiger partial charge on any atom is 0.212 e. The predicted molar refractivity (Wildman–Crippen MR) is 70.2 cm³/mol. The highest BCUT2D eigenvalue weighted by Gasteiger charge is 2.17. The normalized spacial score (nSPS) is 13.6. The lowest BCUT2D eigenvalue weighted by molar-refractivity contribution is 0.567. The molecule has 0 aliphatic heterocycles. The van der Waals surface area contributed by atoms with Crippen molar-refractivity contribution in [3.05, 3.63) is 35.9 Å². The summed E-state index contributed by atoms with van der Waals surface area (Å²) < 4.78 is 26.0. The maximum absolute atomic E-state index is 11.6. The molecule has 0 amide bonds. The number of sulfonamides is 1. The summed E-state index contributed by atoms with van der Waals surface area (Å²) in [5.41, 5.74) is 0.971. The number of halogens is 1. The Morgan fingerprint density at radius 3 is 2.44 bits per heavy atom. The molecule has 0 heterocycles. The van der Waals surface area contributed by atoms with Gasteiger partial charge in [0.15, 0.2) is 0 Å². The molecule has 0 fully saturated rings. The lowest BCUT2D eigenvalue weighted by Crippen LogP contribution is -2.31. The summed E-state index contributed by atoms with van der Waals surface area (Å²) in [4.78, 5) is 0. The molecule has 0 saturated heterocycles. The second-order valence-corrected chi connectivity index (χ2v) is 6.08. The molecule has 0 spiro atoms. The van der Waals surface area contributed by atoms with Crippen molar-refractivity contribution >= 4 is 26.0 Å². The zero-order valence-corrected chi connectivity index (χ0v) is 11.6. The van der Waals surface area contributed by atoms with Crippen LogP contribution in [0.5, 0.6) is 0 Å². The largest absolute Gasteiger partial charge is 0.212 e. The number of benzene rings is 1. The molecule has 0 radical (unpaired) electrons. The molecular formula is C11H16BrNO2S. The van der Waals surface area contributed by atoms with Gasteiger partial charge in [0.1, 0.15) is 0 Å². The van der Waals surface area contributed by atoms with Crippen molar-refractivity contribution in [2.24, 2.45) is 0 Å². The van der Waals surface area contributed by atoms with Gasteiger partial charge in [-0.15, -0.1) is 0 Å². The highest BCUT2D eigenvalue weighted by molar-refractivity contribution is 9.09. The lowest BCUT2D eigenvalue weighted by atomic mass is 10.1. The van der Waals surface area contributed by atoms with Crippen LogP contribution in [-0.4, -0.2) is 19.5 Å². The number of alkyl halides is 1. The van der Waals surface area contributed by atoms with E-state index >= 15 is 0 Å². The first-order valence-corrected chi connectivity index (χ1v) is 7.97. The van der Waals surface area contributed by atoms with Crippen molar-refractivity contribution in [1.29, 1.82) is 0 Å². The van der Waals surface area contributed by atoms with Crippen LogP contribution in [0.15, 0.2) is 30.3 Å². The van der Waals surface area contributed by atoms with Crippen LogP contribution in [0.25, 0.3) is 0 Å². The van der Waals surface area contributed by atoms with E-state index in [9.17, 15) is 8.42 Å². The molecule has 1 aromatic rings. The average molecular weight is 306 g/mol. The van der Waals surface area contributed by atoms with Crippen LogP contribution in [0.1, 0.15) is 24.9 Å². The van der Waals surface area contributed by atoms with Gasteiger partial charge in [-0.1, -0.05) is 53.2 Å². The first-order valence-electron chi connectivity index (χ1n) is 5.20. The number of hydrogen-bond donors (Lipinski definition) is 1. The Morgan fingerprint density at radius 2 is 1.94 bits per heavy atom. The van der Waals surface area contributed by atoms with Gasteiger partial charge in [-0.2, -0.15) is 0 Å². The Morgan fingerprint density at radius 1 is 1.31 bits per heavy atom.